The van der Waals surface area contributed by atoms with E-state index < -0.39 is 12.1 Å². The predicted molar refractivity (Wildman–Crippen MR) is 82.1 cm³/mol. The van der Waals surface area contributed by atoms with Crippen LogP contribution in [0, 0.1) is 0 Å². The zero-order valence-electron chi connectivity index (χ0n) is 12.7. The van der Waals surface area contributed by atoms with Gasteiger partial charge in [-0.15, -0.1) is 11.3 Å². The Morgan fingerprint density at radius 1 is 1.50 bits per heavy atom. The second-order valence-electron chi connectivity index (χ2n) is 5.52. The number of nitrogens with zero attached hydrogens (tertiary/aromatic N) is 3. The van der Waals surface area contributed by atoms with E-state index in [1.54, 1.807) is 23.0 Å². The van der Waals surface area contributed by atoms with Crippen molar-refractivity contribution in [1.29, 1.82) is 0 Å². The highest BCUT2D eigenvalue weighted by atomic mass is 32.1. The predicted octanol–water partition coefficient (Wildman–Crippen LogP) is 0.297. The van der Waals surface area contributed by atoms with Crippen LogP contribution in [0.5, 0.6) is 0 Å². The van der Waals surface area contributed by atoms with Gasteiger partial charge in [0.05, 0.1) is 29.9 Å². The van der Waals surface area contributed by atoms with Crippen LogP contribution in [0.4, 0.5) is 0 Å². The molecule has 0 saturated carbocycles. The van der Waals surface area contributed by atoms with Gasteiger partial charge in [0.2, 0.25) is 0 Å². The third-order valence-electron chi connectivity index (χ3n) is 3.73. The zero-order valence-corrected chi connectivity index (χ0v) is 13.5. The summed E-state index contributed by atoms with van der Waals surface area (Å²) in [6.07, 6.45) is 2.67. The Kier molecular flexibility index (Phi) is 5.49. The summed E-state index contributed by atoms with van der Waals surface area (Å²) in [4.78, 5) is 31.1. The number of β-amino-alcohol motifs (C(OH)–C–C–N with tert-alkyl or cyclic N) is 1. The Morgan fingerprint density at radius 3 is 2.86 bits per heavy atom. The minimum absolute atomic E-state index is 0.148. The first-order valence-corrected chi connectivity index (χ1v) is 8.08. The lowest BCUT2D eigenvalue weighted by Crippen LogP contribution is -2.43. The van der Waals surface area contributed by atoms with Crippen LogP contribution in [0.1, 0.15) is 28.0 Å². The molecule has 2 atom stereocenters. The van der Waals surface area contributed by atoms with E-state index in [-0.39, 0.29) is 25.0 Å². The number of rotatable bonds is 6. The molecule has 0 unspecified atom stereocenters. The molecule has 0 spiro atoms. The summed E-state index contributed by atoms with van der Waals surface area (Å²) in [5.41, 5.74) is 0. The topological polar surface area (TPSA) is 94.0 Å². The van der Waals surface area contributed by atoms with Crippen LogP contribution >= 0.6 is 11.3 Å². The molecular formula is C14H21N3O4S. The Labute approximate surface area is 133 Å². The highest BCUT2D eigenvalue weighted by molar-refractivity contribution is 7.13. The van der Waals surface area contributed by atoms with Crippen LogP contribution in [0.2, 0.25) is 0 Å². The molecule has 1 aliphatic heterocycles. The highest BCUT2D eigenvalue weighted by Crippen LogP contribution is 2.21. The maximum absolute atomic E-state index is 12.5. The molecule has 1 saturated heterocycles. The number of likely N-dealkylation sites (tertiary alicyclic amines) is 1. The van der Waals surface area contributed by atoms with Crippen molar-refractivity contribution in [3.8, 4) is 0 Å². The Morgan fingerprint density at radius 2 is 2.23 bits per heavy atom. The van der Waals surface area contributed by atoms with Crippen LogP contribution in [0.25, 0.3) is 0 Å². The van der Waals surface area contributed by atoms with Crippen LogP contribution in [-0.4, -0.2) is 75.7 Å². The van der Waals surface area contributed by atoms with Gasteiger partial charge < -0.3 is 15.1 Å². The van der Waals surface area contributed by atoms with E-state index in [1.807, 2.05) is 0 Å². The zero-order chi connectivity index (χ0) is 16.3. The Hall–Kier alpha value is -1.51. The standard InChI is InChI=1S/C14H21N3O4S/c1-3-4-12-15-5-11(22-12)14(21)17-6-9(10(18)7-17)16(2)8-13(19)20/h5,9-10,18H,3-4,6-8H2,1-2H3,(H,19,20)/t9-,10-/m1/s1. The molecule has 0 bridgehead atoms. The summed E-state index contributed by atoms with van der Waals surface area (Å²) in [6.45, 7) is 2.44. The van der Waals surface area contributed by atoms with Crippen molar-refractivity contribution < 1.29 is 19.8 Å². The smallest absolute Gasteiger partial charge is 0.317 e. The number of aromatic nitrogens is 1. The van der Waals surface area contributed by atoms with E-state index in [2.05, 4.69) is 11.9 Å². The second kappa shape index (κ2) is 7.17. The molecular weight excluding hydrogens is 306 g/mol. The molecule has 7 nitrogen and oxygen atoms in total. The minimum atomic E-state index is -0.953. The van der Waals surface area contributed by atoms with Crippen molar-refractivity contribution in [2.45, 2.75) is 31.9 Å². The molecule has 0 radical (unpaired) electrons. The summed E-state index contributed by atoms with van der Waals surface area (Å²) in [5.74, 6) is -1.10. The van der Waals surface area contributed by atoms with Crippen LogP contribution in [0.3, 0.4) is 0 Å². The van der Waals surface area contributed by atoms with Crippen molar-refractivity contribution in [1.82, 2.24) is 14.8 Å². The molecule has 1 aromatic heterocycles. The molecule has 22 heavy (non-hydrogen) atoms. The van der Waals surface area contributed by atoms with Gasteiger partial charge in [-0.1, -0.05) is 6.92 Å². The SMILES string of the molecule is CCCc1ncc(C(=O)N2C[C@@H](O)[C@H](N(C)CC(=O)O)C2)s1. The first-order chi connectivity index (χ1) is 10.4. The Bertz CT molecular complexity index is 548. The number of carboxylic acid groups (broad SMARTS) is 1. The average molecular weight is 327 g/mol. The van der Waals surface area contributed by atoms with Gasteiger partial charge in [0.15, 0.2) is 0 Å². The number of aliphatic hydroxyl groups excluding tert-OH is 1. The summed E-state index contributed by atoms with van der Waals surface area (Å²) in [7, 11) is 1.64. The summed E-state index contributed by atoms with van der Waals surface area (Å²) < 4.78 is 0. The average Bonchev–Trinajstić information content (AvgIpc) is 3.04. The second-order valence-corrected chi connectivity index (χ2v) is 6.64. The minimum Gasteiger partial charge on any atom is -0.480 e. The van der Waals surface area contributed by atoms with Crippen molar-refractivity contribution in [2.24, 2.45) is 0 Å². The van der Waals surface area contributed by atoms with Gasteiger partial charge in [-0.3, -0.25) is 14.5 Å². The number of likely N-dealkylation sites (N-methyl/N-ethyl adjacent to an activating group) is 1. The number of aliphatic hydroxyl groups is 1. The fourth-order valence-corrected chi connectivity index (χ4v) is 3.58. The molecule has 2 rings (SSSR count). The molecule has 1 fully saturated rings. The van der Waals surface area contributed by atoms with E-state index in [4.69, 9.17) is 5.11 Å². The summed E-state index contributed by atoms with van der Waals surface area (Å²) >= 11 is 1.38. The van der Waals surface area contributed by atoms with Crippen LogP contribution < -0.4 is 0 Å². The summed E-state index contributed by atoms with van der Waals surface area (Å²) in [5, 5.41) is 19.8. The van der Waals surface area contributed by atoms with E-state index in [0.29, 0.717) is 11.4 Å². The molecule has 8 heteroatoms. The van der Waals surface area contributed by atoms with Crippen LogP contribution in [-0.2, 0) is 11.2 Å². The fraction of sp³-hybridized carbons (Fsp3) is 0.643. The van der Waals surface area contributed by atoms with E-state index in [1.165, 1.54) is 11.3 Å². The molecule has 1 aliphatic rings. The summed E-state index contributed by atoms with van der Waals surface area (Å²) in [6, 6.07) is -0.358. The number of thiazole rings is 1. The lowest BCUT2D eigenvalue weighted by Gasteiger charge is -2.24. The lowest BCUT2D eigenvalue weighted by atomic mass is 10.2. The van der Waals surface area contributed by atoms with Gasteiger partial charge in [0.25, 0.3) is 5.91 Å². The largest absolute Gasteiger partial charge is 0.480 e. The number of hydrogen-bond donors (Lipinski definition) is 2. The highest BCUT2D eigenvalue weighted by Gasteiger charge is 2.37. The number of carbonyl (C=O) groups is 2. The van der Waals surface area contributed by atoms with Crippen molar-refractivity contribution in [2.75, 3.05) is 26.7 Å². The van der Waals surface area contributed by atoms with Gasteiger partial charge >= 0.3 is 5.97 Å². The van der Waals surface area contributed by atoms with Crippen molar-refractivity contribution in [3.63, 3.8) is 0 Å². The maximum atomic E-state index is 12.5. The van der Waals surface area contributed by atoms with E-state index in [9.17, 15) is 14.7 Å². The number of carboxylic acids is 1. The molecule has 0 aromatic carbocycles. The number of aryl methyl sites for hydroxylation is 1. The van der Waals surface area contributed by atoms with Crippen molar-refractivity contribution in [3.05, 3.63) is 16.1 Å². The van der Waals surface area contributed by atoms with Gasteiger partial charge in [-0.25, -0.2) is 4.98 Å². The first-order valence-electron chi connectivity index (χ1n) is 7.26. The number of hydrogen-bond acceptors (Lipinski definition) is 6. The lowest BCUT2D eigenvalue weighted by molar-refractivity contribution is -0.138. The van der Waals surface area contributed by atoms with E-state index in [0.717, 1.165) is 17.8 Å². The van der Waals surface area contributed by atoms with Crippen molar-refractivity contribution >= 4 is 23.2 Å². The van der Waals surface area contributed by atoms with Gasteiger partial charge in [-0.05, 0) is 19.9 Å². The number of aliphatic carboxylic acids is 1. The molecule has 2 heterocycles. The maximum Gasteiger partial charge on any atom is 0.317 e. The normalized spacial score (nSPS) is 21.5. The molecule has 0 aliphatic carbocycles. The quantitative estimate of drug-likeness (QED) is 0.780. The molecule has 1 aromatic rings. The van der Waals surface area contributed by atoms with Crippen LogP contribution in [0.15, 0.2) is 6.20 Å². The fourth-order valence-electron chi connectivity index (χ4n) is 2.59. The Balaban J connectivity index is 2.01. The van der Waals surface area contributed by atoms with E-state index >= 15 is 0 Å². The molecule has 2 N–H and O–H groups in total. The van der Waals surface area contributed by atoms with Gasteiger partial charge in [0.1, 0.15) is 4.88 Å². The number of carbonyl (C=O) groups excluding carboxylic acids is 1. The third-order valence-corrected chi connectivity index (χ3v) is 4.77. The monoisotopic (exact) mass is 327 g/mol. The third kappa shape index (κ3) is 3.82. The van der Waals surface area contributed by atoms with Gasteiger partial charge in [0, 0.05) is 13.1 Å². The molecule has 1 amide bonds. The molecule has 122 valence electrons. The number of amides is 1. The first kappa shape index (κ1) is 16.9. The van der Waals surface area contributed by atoms with Gasteiger partial charge in [-0.2, -0.15) is 0 Å².